The molecule has 2 rings (SSSR count). The van der Waals surface area contributed by atoms with Crippen LogP contribution in [0.3, 0.4) is 0 Å². The fourth-order valence-electron chi connectivity index (χ4n) is 2.29. The van der Waals surface area contributed by atoms with Gasteiger partial charge in [0.05, 0.1) is 11.4 Å². The number of aryl methyl sites for hydroxylation is 3. The number of benzene rings is 2. The molecule has 0 aromatic heterocycles. The van der Waals surface area contributed by atoms with Gasteiger partial charge in [-0.3, -0.25) is 4.79 Å². The second-order valence-electron chi connectivity index (χ2n) is 5.41. The number of para-hydroxylation sites is 1. The first-order valence-electron chi connectivity index (χ1n) is 7.22. The number of anilines is 1. The third-order valence-electron chi connectivity index (χ3n) is 3.55. The third kappa shape index (κ3) is 4.18. The van der Waals surface area contributed by atoms with Crippen LogP contribution in [0.25, 0.3) is 0 Å². The van der Waals surface area contributed by atoms with Crippen molar-refractivity contribution in [3.8, 4) is 0 Å². The monoisotopic (exact) mass is 332 g/mol. The lowest BCUT2D eigenvalue weighted by molar-refractivity contribution is -0.115. The molecular formula is C17H20N2O3S. The van der Waals surface area contributed by atoms with Crippen LogP contribution in [0.15, 0.2) is 47.4 Å². The Kier molecular flexibility index (Phi) is 5.18. The van der Waals surface area contributed by atoms with Gasteiger partial charge in [-0.2, -0.15) is 0 Å². The van der Waals surface area contributed by atoms with Crippen molar-refractivity contribution in [2.75, 3.05) is 11.9 Å². The summed E-state index contributed by atoms with van der Waals surface area (Å²) in [6.45, 7) is 5.18. The van der Waals surface area contributed by atoms with Gasteiger partial charge in [0.15, 0.2) is 0 Å². The van der Waals surface area contributed by atoms with Crippen LogP contribution < -0.4 is 10.0 Å². The molecule has 0 fully saturated rings. The van der Waals surface area contributed by atoms with Crippen molar-refractivity contribution in [2.24, 2.45) is 0 Å². The molecule has 1 amide bonds. The minimum Gasteiger partial charge on any atom is -0.324 e. The van der Waals surface area contributed by atoms with Gasteiger partial charge < -0.3 is 5.32 Å². The number of hydrogen-bond donors (Lipinski definition) is 2. The molecular weight excluding hydrogens is 312 g/mol. The quantitative estimate of drug-likeness (QED) is 0.883. The highest BCUT2D eigenvalue weighted by Crippen LogP contribution is 2.19. The van der Waals surface area contributed by atoms with Crippen LogP contribution in [0.5, 0.6) is 0 Å². The highest BCUT2D eigenvalue weighted by Gasteiger charge is 2.17. The zero-order valence-corrected chi connectivity index (χ0v) is 14.2. The Hall–Kier alpha value is -2.18. The molecule has 0 heterocycles. The van der Waals surface area contributed by atoms with E-state index < -0.39 is 15.9 Å². The maximum Gasteiger partial charge on any atom is 0.241 e. The van der Waals surface area contributed by atoms with E-state index in [9.17, 15) is 13.2 Å². The Labute approximate surface area is 136 Å². The normalized spacial score (nSPS) is 11.3. The van der Waals surface area contributed by atoms with Gasteiger partial charge in [-0.1, -0.05) is 36.4 Å². The number of hydrogen-bond acceptors (Lipinski definition) is 3. The van der Waals surface area contributed by atoms with Crippen molar-refractivity contribution in [3.05, 3.63) is 59.2 Å². The molecule has 0 aliphatic heterocycles. The first-order chi connectivity index (χ1) is 10.8. The molecule has 0 aliphatic rings. The zero-order valence-electron chi connectivity index (χ0n) is 13.4. The van der Waals surface area contributed by atoms with E-state index in [1.165, 1.54) is 6.07 Å². The third-order valence-corrected chi connectivity index (χ3v) is 5.11. The Balaban J connectivity index is 2.06. The summed E-state index contributed by atoms with van der Waals surface area (Å²) >= 11 is 0. The zero-order chi connectivity index (χ0) is 17.0. The van der Waals surface area contributed by atoms with Crippen molar-refractivity contribution >= 4 is 21.6 Å². The molecule has 0 unspecified atom stereocenters. The van der Waals surface area contributed by atoms with Crippen molar-refractivity contribution in [2.45, 2.75) is 25.7 Å². The summed E-state index contributed by atoms with van der Waals surface area (Å²) in [6, 6.07) is 12.3. The Morgan fingerprint density at radius 3 is 2.09 bits per heavy atom. The molecule has 0 spiro atoms. The summed E-state index contributed by atoms with van der Waals surface area (Å²) < 4.78 is 26.8. The Bertz CT molecular complexity index is 809. The van der Waals surface area contributed by atoms with Gasteiger partial charge in [0.1, 0.15) is 0 Å². The summed E-state index contributed by atoms with van der Waals surface area (Å²) in [5.74, 6) is -0.403. The molecule has 2 N–H and O–H groups in total. The van der Waals surface area contributed by atoms with E-state index in [0.29, 0.717) is 11.3 Å². The summed E-state index contributed by atoms with van der Waals surface area (Å²) in [6.07, 6.45) is 0. The lowest BCUT2D eigenvalue weighted by Gasteiger charge is -2.12. The number of carbonyl (C=O) groups excluding carboxylic acids is 1. The number of carbonyl (C=O) groups is 1. The van der Waals surface area contributed by atoms with E-state index in [4.69, 9.17) is 0 Å². The van der Waals surface area contributed by atoms with Crippen molar-refractivity contribution in [1.29, 1.82) is 0 Å². The fraction of sp³-hybridized carbons (Fsp3) is 0.235. The molecule has 0 atom stereocenters. The molecule has 0 radical (unpaired) electrons. The van der Waals surface area contributed by atoms with Crippen LogP contribution in [0, 0.1) is 20.8 Å². The summed E-state index contributed by atoms with van der Waals surface area (Å²) in [5.41, 5.74) is 3.21. The Morgan fingerprint density at radius 2 is 1.48 bits per heavy atom. The van der Waals surface area contributed by atoms with Gasteiger partial charge in [0.2, 0.25) is 15.9 Å². The van der Waals surface area contributed by atoms with Crippen LogP contribution in [0.1, 0.15) is 16.7 Å². The van der Waals surface area contributed by atoms with Gasteiger partial charge >= 0.3 is 0 Å². The molecule has 23 heavy (non-hydrogen) atoms. The van der Waals surface area contributed by atoms with Crippen molar-refractivity contribution < 1.29 is 13.2 Å². The maximum absolute atomic E-state index is 12.3. The largest absolute Gasteiger partial charge is 0.324 e. The summed E-state index contributed by atoms with van der Waals surface area (Å²) in [4.78, 5) is 12.2. The highest BCUT2D eigenvalue weighted by molar-refractivity contribution is 7.89. The Morgan fingerprint density at radius 1 is 0.913 bits per heavy atom. The van der Waals surface area contributed by atoms with Gasteiger partial charge in [-0.05, 0) is 43.5 Å². The standard InChI is InChI=1S/C17H20N2O3S/c1-12-7-4-5-10-15(12)23(21,22)18-11-16(20)19-17-13(2)8-6-9-14(17)3/h4-10,18H,11H2,1-3H3,(H,19,20). The maximum atomic E-state index is 12.3. The topological polar surface area (TPSA) is 75.3 Å². The van der Waals surface area contributed by atoms with E-state index in [1.54, 1.807) is 25.1 Å². The first-order valence-corrected chi connectivity index (χ1v) is 8.71. The van der Waals surface area contributed by atoms with Crippen molar-refractivity contribution in [1.82, 2.24) is 4.72 Å². The summed E-state index contributed by atoms with van der Waals surface area (Å²) in [5, 5.41) is 2.75. The van der Waals surface area contributed by atoms with Gasteiger partial charge in [0.25, 0.3) is 0 Å². The summed E-state index contributed by atoms with van der Waals surface area (Å²) in [7, 11) is -3.71. The fourth-order valence-corrected chi connectivity index (χ4v) is 3.52. The average Bonchev–Trinajstić information content (AvgIpc) is 2.49. The average molecular weight is 332 g/mol. The van der Waals surface area contributed by atoms with Gasteiger partial charge in [-0.25, -0.2) is 13.1 Å². The van der Waals surface area contributed by atoms with E-state index in [0.717, 1.165) is 11.1 Å². The number of rotatable bonds is 5. The molecule has 6 heteroatoms. The molecule has 0 saturated carbocycles. The highest BCUT2D eigenvalue weighted by atomic mass is 32.2. The second-order valence-corrected chi connectivity index (χ2v) is 7.14. The first kappa shape index (κ1) is 17.2. The SMILES string of the molecule is Cc1ccccc1S(=O)(=O)NCC(=O)Nc1c(C)cccc1C. The van der Waals surface area contributed by atoms with Crippen LogP contribution in [0.4, 0.5) is 5.69 Å². The molecule has 122 valence electrons. The second kappa shape index (κ2) is 6.93. The van der Waals surface area contributed by atoms with Crippen LogP contribution in [0.2, 0.25) is 0 Å². The van der Waals surface area contributed by atoms with E-state index in [1.807, 2.05) is 32.0 Å². The predicted octanol–water partition coefficient (Wildman–Crippen LogP) is 2.53. The number of nitrogens with one attached hydrogen (secondary N) is 2. The number of amides is 1. The molecule has 2 aromatic carbocycles. The van der Waals surface area contributed by atoms with Gasteiger partial charge in [-0.15, -0.1) is 0 Å². The van der Waals surface area contributed by atoms with Crippen LogP contribution in [-0.2, 0) is 14.8 Å². The number of sulfonamides is 1. The molecule has 0 aliphatic carbocycles. The minimum absolute atomic E-state index is 0.180. The van der Waals surface area contributed by atoms with Crippen LogP contribution in [-0.4, -0.2) is 20.9 Å². The van der Waals surface area contributed by atoms with E-state index in [-0.39, 0.29) is 11.4 Å². The van der Waals surface area contributed by atoms with Gasteiger partial charge in [0, 0.05) is 5.69 Å². The van der Waals surface area contributed by atoms with Crippen molar-refractivity contribution in [3.63, 3.8) is 0 Å². The molecule has 5 nitrogen and oxygen atoms in total. The molecule has 0 saturated heterocycles. The van der Waals surface area contributed by atoms with Crippen LogP contribution >= 0.6 is 0 Å². The van der Waals surface area contributed by atoms with E-state index in [2.05, 4.69) is 10.0 Å². The smallest absolute Gasteiger partial charge is 0.241 e. The predicted molar refractivity (Wildman–Crippen MR) is 90.9 cm³/mol. The van der Waals surface area contributed by atoms with E-state index >= 15 is 0 Å². The molecule has 2 aromatic rings. The minimum atomic E-state index is -3.71. The molecule has 0 bridgehead atoms. The lowest BCUT2D eigenvalue weighted by atomic mass is 10.1. The lowest BCUT2D eigenvalue weighted by Crippen LogP contribution is -2.33.